The summed E-state index contributed by atoms with van der Waals surface area (Å²) in [7, 11) is 0. The van der Waals surface area contributed by atoms with E-state index in [1.165, 1.54) is 6.07 Å². The van der Waals surface area contributed by atoms with Crippen LogP contribution in [0.3, 0.4) is 0 Å². The van der Waals surface area contributed by atoms with Crippen LogP contribution < -0.4 is 15.0 Å². The van der Waals surface area contributed by atoms with E-state index in [0.717, 1.165) is 23.6 Å². The van der Waals surface area contributed by atoms with Gasteiger partial charge in [0.15, 0.2) is 5.82 Å². The van der Waals surface area contributed by atoms with Gasteiger partial charge in [0.1, 0.15) is 28.9 Å². The van der Waals surface area contributed by atoms with E-state index < -0.39 is 17.8 Å². The Morgan fingerprint density at radius 3 is 2.49 bits per heavy atom. The third kappa shape index (κ3) is 4.50. The van der Waals surface area contributed by atoms with E-state index in [2.05, 4.69) is 25.2 Å². The number of phenols is 1. The highest BCUT2D eigenvalue weighted by atomic mass is 19.3. The molecule has 202 valence electrons. The number of nitrogens with one attached hydrogen (secondary N) is 1. The number of piperazine rings is 1. The number of phenolic OH excluding ortho intramolecular Hbond substituents is 1. The summed E-state index contributed by atoms with van der Waals surface area (Å²) in [6.07, 6.45) is 3.08. The van der Waals surface area contributed by atoms with E-state index in [1.54, 1.807) is 12.3 Å². The number of hydrogen-bond donors (Lipinski definition) is 2. The van der Waals surface area contributed by atoms with Crippen molar-refractivity contribution in [3.63, 3.8) is 0 Å². The second kappa shape index (κ2) is 9.22. The first-order valence-electron chi connectivity index (χ1n) is 13.5. The molecule has 7 nitrogen and oxygen atoms in total. The van der Waals surface area contributed by atoms with E-state index in [4.69, 9.17) is 4.74 Å². The molecule has 7 rings (SSSR count). The maximum atomic E-state index is 16.4. The number of fused-ring (bicyclic) bond motifs is 4. The SMILES string of the molecule is Oc1cc(-c2ncc3c(N4C[C@H]5CC[C@@H](C4)N5)nc(OC4CCC(F)(F)CC4)nc3c2F)c2ccccc2c1. The van der Waals surface area contributed by atoms with Crippen molar-refractivity contribution in [1.82, 2.24) is 20.3 Å². The van der Waals surface area contributed by atoms with Gasteiger partial charge in [0.2, 0.25) is 5.92 Å². The molecule has 1 saturated carbocycles. The Morgan fingerprint density at radius 1 is 0.974 bits per heavy atom. The molecule has 4 heterocycles. The molecule has 2 aromatic heterocycles. The molecule has 0 unspecified atom stereocenters. The zero-order valence-electron chi connectivity index (χ0n) is 21.2. The Bertz CT molecular complexity index is 1560. The van der Waals surface area contributed by atoms with Crippen LogP contribution in [0.2, 0.25) is 0 Å². The highest BCUT2D eigenvalue weighted by Crippen LogP contribution is 2.39. The molecule has 2 atom stereocenters. The summed E-state index contributed by atoms with van der Waals surface area (Å²) >= 11 is 0. The summed E-state index contributed by atoms with van der Waals surface area (Å²) in [5.41, 5.74) is 0.560. The van der Waals surface area contributed by atoms with Crippen molar-refractivity contribution in [2.24, 2.45) is 0 Å². The van der Waals surface area contributed by atoms with Crippen molar-refractivity contribution >= 4 is 27.5 Å². The maximum Gasteiger partial charge on any atom is 0.319 e. The van der Waals surface area contributed by atoms with E-state index >= 15 is 4.39 Å². The monoisotopic (exact) mass is 535 g/mol. The zero-order chi connectivity index (χ0) is 26.7. The lowest BCUT2D eigenvalue weighted by Crippen LogP contribution is -2.51. The minimum atomic E-state index is -2.69. The van der Waals surface area contributed by atoms with Crippen LogP contribution in [0.4, 0.5) is 19.0 Å². The number of alkyl halides is 2. The summed E-state index contributed by atoms with van der Waals surface area (Å²) < 4.78 is 49.9. The highest BCUT2D eigenvalue weighted by molar-refractivity contribution is 5.99. The van der Waals surface area contributed by atoms with Crippen LogP contribution in [-0.4, -0.2) is 57.3 Å². The first kappa shape index (κ1) is 24.4. The van der Waals surface area contributed by atoms with Crippen molar-refractivity contribution in [3.05, 3.63) is 48.4 Å². The van der Waals surface area contributed by atoms with Gasteiger partial charge in [0.05, 0.1) is 5.39 Å². The number of aromatic hydroxyl groups is 1. The topological polar surface area (TPSA) is 83.4 Å². The number of nitrogens with zero attached hydrogens (tertiary/aromatic N) is 4. The minimum absolute atomic E-state index is 0.00258. The first-order chi connectivity index (χ1) is 18.8. The van der Waals surface area contributed by atoms with Gasteiger partial charge in [-0.2, -0.15) is 9.97 Å². The molecule has 39 heavy (non-hydrogen) atoms. The van der Waals surface area contributed by atoms with Gasteiger partial charge in [0.25, 0.3) is 0 Å². The number of benzene rings is 2. The first-order valence-corrected chi connectivity index (χ1v) is 13.5. The van der Waals surface area contributed by atoms with E-state index in [1.807, 2.05) is 24.3 Å². The zero-order valence-corrected chi connectivity index (χ0v) is 21.2. The lowest BCUT2D eigenvalue weighted by molar-refractivity contribution is -0.0594. The number of pyridine rings is 1. The summed E-state index contributed by atoms with van der Waals surface area (Å²) in [5, 5.41) is 15.9. The molecule has 2 bridgehead atoms. The summed E-state index contributed by atoms with van der Waals surface area (Å²) in [4.78, 5) is 15.8. The average Bonchev–Trinajstić information content (AvgIpc) is 3.26. The third-order valence-corrected chi connectivity index (χ3v) is 8.20. The van der Waals surface area contributed by atoms with Crippen LogP contribution in [0.15, 0.2) is 42.6 Å². The smallest absolute Gasteiger partial charge is 0.319 e. The van der Waals surface area contributed by atoms with Gasteiger partial charge >= 0.3 is 6.01 Å². The summed E-state index contributed by atoms with van der Waals surface area (Å²) in [6.45, 7) is 1.41. The molecule has 2 N–H and O–H groups in total. The molecule has 10 heteroatoms. The molecule has 0 spiro atoms. The quantitative estimate of drug-likeness (QED) is 0.353. The Balaban J connectivity index is 1.35. The highest BCUT2D eigenvalue weighted by Gasteiger charge is 2.37. The van der Waals surface area contributed by atoms with Gasteiger partial charge in [-0.3, -0.25) is 4.98 Å². The van der Waals surface area contributed by atoms with Gasteiger partial charge < -0.3 is 20.1 Å². The van der Waals surface area contributed by atoms with E-state index in [0.29, 0.717) is 41.9 Å². The molecule has 3 aliphatic rings. The number of aromatic nitrogens is 3. The van der Waals surface area contributed by atoms with Crippen LogP contribution in [0.25, 0.3) is 32.9 Å². The van der Waals surface area contributed by atoms with E-state index in [9.17, 15) is 13.9 Å². The van der Waals surface area contributed by atoms with Gasteiger partial charge in [-0.1, -0.05) is 24.3 Å². The lowest BCUT2D eigenvalue weighted by Gasteiger charge is -2.34. The summed E-state index contributed by atoms with van der Waals surface area (Å²) in [6, 6.07) is 11.1. The normalized spacial score (nSPS) is 23.0. The number of rotatable bonds is 4. The van der Waals surface area contributed by atoms with Crippen molar-refractivity contribution in [2.45, 2.75) is 62.6 Å². The number of hydrogen-bond acceptors (Lipinski definition) is 7. The molecular formula is C29H28F3N5O2. The summed E-state index contributed by atoms with van der Waals surface area (Å²) in [5.74, 6) is -2.80. The molecule has 2 aromatic carbocycles. The number of anilines is 1. The second-order valence-corrected chi connectivity index (χ2v) is 10.9. The van der Waals surface area contributed by atoms with Crippen LogP contribution in [0.1, 0.15) is 38.5 Å². The van der Waals surface area contributed by atoms with Crippen molar-refractivity contribution in [1.29, 1.82) is 0 Å². The minimum Gasteiger partial charge on any atom is -0.508 e. The fourth-order valence-corrected chi connectivity index (χ4v) is 6.24. The Hall–Kier alpha value is -3.66. The molecule has 2 aliphatic heterocycles. The molecule has 3 fully saturated rings. The Labute approximate surface area is 223 Å². The fourth-order valence-electron chi connectivity index (χ4n) is 6.24. The predicted molar refractivity (Wildman–Crippen MR) is 142 cm³/mol. The van der Waals surface area contributed by atoms with Gasteiger partial charge in [-0.25, -0.2) is 13.2 Å². The molecule has 0 radical (unpaired) electrons. The van der Waals surface area contributed by atoms with E-state index in [-0.39, 0.29) is 48.7 Å². The lowest BCUT2D eigenvalue weighted by atomic mass is 9.94. The Kier molecular flexibility index (Phi) is 5.77. The third-order valence-electron chi connectivity index (χ3n) is 8.20. The predicted octanol–water partition coefficient (Wildman–Crippen LogP) is 5.59. The fraction of sp³-hybridized carbons (Fsp3) is 0.414. The van der Waals surface area contributed by atoms with Crippen molar-refractivity contribution < 1.29 is 23.0 Å². The van der Waals surface area contributed by atoms with Crippen LogP contribution in [0, 0.1) is 5.82 Å². The number of ether oxygens (including phenoxy) is 1. The van der Waals surface area contributed by atoms with Gasteiger partial charge in [0, 0.05) is 49.8 Å². The van der Waals surface area contributed by atoms with Gasteiger partial charge in [-0.15, -0.1) is 0 Å². The molecule has 1 aliphatic carbocycles. The van der Waals surface area contributed by atoms with Crippen molar-refractivity contribution in [3.8, 4) is 23.0 Å². The maximum absolute atomic E-state index is 16.4. The largest absolute Gasteiger partial charge is 0.508 e. The standard InChI is InChI=1S/C29H28F3N5O2/c30-24-25(22-12-19(38)11-16-3-1-2-4-21(16)22)33-13-23-26(24)35-28(39-20-7-9-29(31,32)10-8-20)36-27(23)37-14-17-5-6-18(15-37)34-17/h1-4,11-13,17-18,20,34,38H,5-10,14-15H2/t17-,18+. The second-order valence-electron chi connectivity index (χ2n) is 10.9. The van der Waals surface area contributed by atoms with Crippen LogP contribution >= 0.6 is 0 Å². The van der Waals surface area contributed by atoms with Gasteiger partial charge in [-0.05, 0) is 48.6 Å². The van der Waals surface area contributed by atoms with Crippen LogP contribution in [-0.2, 0) is 0 Å². The molecule has 0 amide bonds. The van der Waals surface area contributed by atoms with Crippen LogP contribution in [0.5, 0.6) is 11.8 Å². The Morgan fingerprint density at radius 2 is 1.72 bits per heavy atom. The average molecular weight is 536 g/mol. The molecule has 4 aromatic rings. The number of halogens is 3. The van der Waals surface area contributed by atoms with Crippen molar-refractivity contribution in [2.75, 3.05) is 18.0 Å². The molecule has 2 saturated heterocycles. The molecular weight excluding hydrogens is 507 g/mol.